The lowest BCUT2D eigenvalue weighted by Crippen LogP contribution is -2.40. The molecule has 0 rings (SSSR count). The summed E-state index contributed by atoms with van der Waals surface area (Å²) >= 11 is 0. The Morgan fingerprint density at radius 1 is 1.43 bits per heavy atom. The zero-order chi connectivity index (χ0) is 11.2. The molecule has 2 N–H and O–H groups in total. The van der Waals surface area contributed by atoms with E-state index in [0.29, 0.717) is 12.5 Å². The first-order valence-electron chi connectivity index (χ1n) is 4.72. The summed E-state index contributed by atoms with van der Waals surface area (Å²) in [5, 5.41) is 8.48. The van der Waals surface area contributed by atoms with Gasteiger partial charge in [0.2, 0.25) is 0 Å². The Hall–Kier alpha value is -0.170. The lowest BCUT2D eigenvalue weighted by Gasteiger charge is -2.18. The van der Waals surface area contributed by atoms with Crippen LogP contribution in [0.5, 0.6) is 0 Å². The third-order valence-corrected chi connectivity index (χ3v) is 3.40. The molecule has 14 heavy (non-hydrogen) atoms. The molecule has 0 aliphatic heterocycles. The van der Waals surface area contributed by atoms with Crippen LogP contribution < -0.4 is 4.72 Å². The Balaban J connectivity index is 4.01. The predicted molar refractivity (Wildman–Crippen MR) is 56.1 cm³/mol. The van der Waals surface area contributed by atoms with Crippen LogP contribution in [0.15, 0.2) is 0 Å². The summed E-state index contributed by atoms with van der Waals surface area (Å²) in [5.41, 5.74) is 0. The lowest BCUT2D eigenvalue weighted by molar-refractivity contribution is 0.299. The summed E-state index contributed by atoms with van der Waals surface area (Å²) in [4.78, 5) is 0. The maximum absolute atomic E-state index is 11.4. The van der Waals surface area contributed by atoms with Crippen molar-refractivity contribution >= 4 is 10.2 Å². The van der Waals surface area contributed by atoms with Gasteiger partial charge in [-0.1, -0.05) is 13.8 Å². The molecule has 0 saturated heterocycles. The zero-order valence-corrected chi connectivity index (χ0v) is 9.84. The predicted octanol–water partition coefficient (Wildman–Crippen LogP) is -0.209. The van der Waals surface area contributed by atoms with E-state index in [0.717, 1.165) is 6.42 Å². The summed E-state index contributed by atoms with van der Waals surface area (Å²) in [5.74, 6) is 0.477. The maximum Gasteiger partial charge on any atom is 0.279 e. The molecular formula is C8H20N2O3S. The van der Waals surface area contributed by atoms with Crippen molar-refractivity contribution in [1.82, 2.24) is 9.03 Å². The third kappa shape index (κ3) is 5.54. The highest BCUT2D eigenvalue weighted by Crippen LogP contribution is 2.02. The van der Waals surface area contributed by atoms with E-state index in [9.17, 15) is 8.42 Å². The van der Waals surface area contributed by atoms with Crippen LogP contribution >= 0.6 is 0 Å². The van der Waals surface area contributed by atoms with Crippen molar-refractivity contribution < 1.29 is 13.5 Å². The molecule has 6 heteroatoms. The fourth-order valence-corrected chi connectivity index (χ4v) is 1.76. The van der Waals surface area contributed by atoms with Crippen LogP contribution in [0.4, 0.5) is 0 Å². The number of nitrogens with zero attached hydrogens (tertiary/aromatic N) is 1. The van der Waals surface area contributed by atoms with E-state index in [1.165, 1.54) is 11.4 Å². The molecule has 0 saturated carbocycles. The molecule has 0 radical (unpaired) electrons. The first-order chi connectivity index (χ1) is 6.40. The zero-order valence-electron chi connectivity index (χ0n) is 9.02. The molecule has 86 valence electrons. The van der Waals surface area contributed by atoms with Crippen molar-refractivity contribution in [1.29, 1.82) is 0 Å². The van der Waals surface area contributed by atoms with Gasteiger partial charge >= 0.3 is 0 Å². The molecule has 0 amide bonds. The smallest absolute Gasteiger partial charge is 0.279 e. The van der Waals surface area contributed by atoms with Crippen LogP contribution in [-0.4, -0.2) is 44.6 Å². The largest absolute Gasteiger partial charge is 0.395 e. The Morgan fingerprint density at radius 2 is 2.00 bits per heavy atom. The number of nitrogens with one attached hydrogen (secondary N) is 1. The molecule has 5 nitrogen and oxygen atoms in total. The number of rotatable bonds is 7. The van der Waals surface area contributed by atoms with Crippen LogP contribution in [-0.2, 0) is 10.2 Å². The fraction of sp³-hybridized carbons (Fsp3) is 1.00. The van der Waals surface area contributed by atoms with E-state index in [1.54, 1.807) is 0 Å². The second-order valence-corrected chi connectivity index (χ2v) is 5.49. The number of aliphatic hydroxyl groups excluding tert-OH is 1. The second kappa shape index (κ2) is 6.34. The molecule has 0 unspecified atom stereocenters. The highest BCUT2D eigenvalue weighted by atomic mass is 32.2. The second-order valence-electron chi connectivity index (χ2n) is 3.63. The van der Waals surface area contributed by atoms with Crippen LogP contribution in [0.3, 0.4) is 0 Å². The van der Waals surface area contributed by atoms with Gasteiger partial charge < -0.3 is 5.11 Å². The van der Waals surface area contributed by atoms with Crippen molar-refractivity contribution in [3.05, 3.63) is 0 Å². The van der Waals surface area contributed by atoms with Crippen molar-refractivity contribution in [3.63, 3.8) is 0 Å². The molecular weight excluding hydrogens is 204 g/mol. The maximum atomic E-state index is 11.4. The van der Waals surface area contributed by atoms with Gasteiger partial charge in [0.05, 0.1) is 6.61 Å². The minimum atomic E-state index is -3.39. The van der Waals surface area contributed by atoms with Crippen molar-refractivity contribution in [3.8, 4) is 0 Å². The van der Waals surface area contributed by atoms with E-state index in [1.807, 2.05) is 13.8 Å². The van der Waals surface area contributed by atoms with E-state index in [2.05, 4.69) is 4.72 Å². The highest BCUT2D eigenvalue weighted by molar-refractivity contribution is 7.87. The molecule has 0 spiro atoms. The van der Waals surface area contributed by atoms with E-state index in [4.69, 9.17) is 5.11 Å². The van der Waals surface area contributed by atoms with E-state index < -0.39 is 10.2 Å². The number of hydrogen-bond donors (Lipinski definition) is 2. The first-order valence-corrected chi connectivity index (χ1v) is 6.16. The molecule has 0 fully saturated rings. The lowest BCUT2D eigenvalue weighted by atomic mass is 10.1. The standard InChI is InChI=1S/C8H20N2O3S/c1-8(2)4-6-10(3)14(12,13)9-5-7-11/h8-9,11H,4-7H2,1-3H3. The Bertz CT molecular complexity index is 239. The Labute approximate surface area is 86.3 Å². The Morgan fingerprint density at radius 3 is 2.43 bits per heavy atom. The highest BCUT2D eigenvalue weighted by Gasteiger charge is 2.16. The van der Waals surface area contributed by atoms with Gasteiger partial charge in [0.15, 0.2) is 0 Å². The number of aliphatic hydroxyl groups is 1. The van der Waals surface area contributed by atoms with Gasteiger partial charge in [-0.2, -0.15) is 17.4 Å². The average Bonchev–Trinajstić information content (AvgIpc) is 2.10. The normalized spacial score (nSPS) is 12.7. The molecule has 0 aliphatic rings. The summed E-state index contributed by atoms with van der Waals surface area (Å²) < 4.78 is 26.4. The first kappa shape index (κ1) is 13.8. The monoisotopic (exact) mass is 224 g/mol. The third-order valence-electron chi connectivity index (χ3n) is 1.83. The topological polar surface area (TPSA) is 69.6 Å². The van der Waals surface area contributed by atoms with Gasteiger partial charge in [-0.05, 0) is 12.3 Å². The molecule has 0 atom stereocenters. The van der Waals surface area contributed by atoms with E-state index >= 15 is 0 Å². The minimum absolute atomic E-state index is 0.0638. The van der Waals surface area contributed by atoms with E-state index in [-0.39, 0.29) is 13.2 Å². The van der Waals surface area contributed by atoms with Gasteiger partial charge in [-0.3, -0.25) is 0 Å². The summed E-state index contributed by atoms with van der Waals surface area (Å²) in [6, 6.07) is 0. The summed E-state index contributed by atoms with van der Waals surface area (Å²) in [6.45, 7) is 4.47. The van der Waals surface area contributed by atoms with Crippen molar-refractivity contribution in [2.24, 2.45) is 5.92 Å². The Kier molecular flexibility index (Phi) is 6.26. The fourth-order valence-electron chi connectivity index (χ4n) is 0.845. The molecule has 0 aromatic carbocycles. The van der Waals surface area contributed by atoms with Gasteiger partial charge in [0, 0.05) is 20.1 Å². The van der Waals surface area contributed by atoms with Crippen LogP contribution in [0.25, 0.3) is 0 Å². The van der Waals surface area contributed by atoms with Gasteiger partial charge in [0.25, 0.3) is 10.2 Å². The summed E-state index contributed by atoms with van der Waals surface area (Å²) in [6.07, 6.45) is 0.830. The molecule has 0 bridgehead atoms. The van der Waals surface area contributed by atoms with Crippen molar-refractivity contribution in [2.75, 3.05) is 26.7 Å². The number of hydrogen-bond acceptors (Lipinski definition) is 3. The SMILES string of the molecule is CC(C)CCN(C)S(=O)(=O)NCCO. The summed E-state index contributed by atoms with van der Waals surface area (Å²) in [7, 11) is -1.86. The van der Waals surface area contributed by atoms with Crippen LogP contribution in [0, 0.1) is 5.92 Å². The molecule has 0 aromatic heterocycles. The van der Waals surface area contributed by atoms with Gasteiger partial charge in [-0.15, -0.1) is 0 Å². The molecule has 0 heterocycles. The van der Waals surface area contributed by atoms with Gasteiger partial charge in [-0.25, -0.2) is 0 Å². The molecule has 0 aromatic rings. The van der Waals surface area contributed by atoms with Crippen LogP contribution in [0.2, 0.25) is 0 Å². The average molecular weight is 224 g/mol. The minimum Gasteiger partial charge on any atom is -0.395 e. The van der Waals surface area contributed by atoms with Crippen LogP contribution in [0.1, 0.15) is 20.3 Å². The quantitative estimate of drug-likeness (QED) is 0.629. The van der Waals surface area contributed by atoms with Gasteiger partial charge in [0.1, 0.15) is 0 Å². The van der Waals surface area contributed by atoms with Crippen molar-refractivity contribution in [2.45, 2.75) is 20.3 Å². The molecule has 0 aliphatic carbocycles.